The van der Waals surface area contributed by atoms with Gasteiger partial charge in [0, 0.05) is 49.3 Å². The largest absolute Gasteiger partial charge is 0.489 e. The summed E-state index contributed by atoms with van der Waals surface area (Å²) in [6.45, 7) is 1.05. The Morgan fingerprint density at radius 3 is 2.80 bits per heavy atom. The van der Waals surface area contributed by atoms with Gasteiger partial charge in [0.05, 0.1) is 48.9 Å². The van der Waals surface area contributed by atoms with E-state index in [1.165, 1.54) is 28.0 Å². The molecular formula is C28H28F3N7O3. The van der Waals surface area contributed by atoms with E-state index in [1.54, 1.807) is 19.2 Å². The van der Waals surface area contributed by atoms with E-state index in [0.29, 0.717) is 23.4 Å². The van der Waals surface area contributed by atoms with Crippen molar-refractivity contribution in [3.63, 3.8) is 0 Å². The maximum absolute atomic E-state index is 15.3. The summed E-state index contributed by atoms with van der Waals surface area (Å²) in [6.07, 6.45) is 6.33. The summed E-state index contributed by atoms with van der Waals surface area (Å²) in [5.74, 6) is -4.54. The summed E-state index contributed by atoms with van der Waals surface area (Å²) in [4.78, 5) is 19.8. The number of halogens is 3. The van der Waals surface area contributed by atoms with Gasteiger partial charge in [0.1, 0.15) is 12.3 Å². The highest BCUT2D eigenvalue weighted by Crippen LogP contribution is 2.47. The first-order valence-corrected chi connectivity index (χ1v) is 13.6. The fourth-order valence-electron chi connectivity index (χ4n) is 5.43. The molecule has 13 heteroatoms. The molecule has 7 rings (SSSR count). The second-order valence-corrected chi connectivity index (χ2v) is 10.9. The fraction of sp³-hybridized carbons (Fsp3) is 0.429. The van der Waals surface area contributed by atoms with Crippen molar-refractivity contribution in [2.75, 3.05) is 43.1 Å². The van der Waals surface area contributed by atoms with Crippen molar-refractivity contribution in [1.29, 1.82) is 0 Å². The topological polar surface area (TPSA) is 98.8 Å². The summed E-state index contributed by atoms with van der Waals surface area (Å²) < 4.78 is 56.5. The van der Waals surface area contributed by atoms with Gasteiger partial charge >= 0.3 is 0 Å². The third kappa shape index (κ3) is 4.77. The van der Waals surface area contributed by atoms with Crippen molar-refractivity contribution in [3.05, 3.63) is 54.4 Å². The van der Waals surface area contributed by atoms with E-state index in [1.807, 2.05) is 12.3 Å². The molecule has 0 bridgehead atoms. The molecule has 6 heterocycles. The van der Waals surface area contributed by atoms with Gasteiger partial charge < -0.3 is 19.7 Å². The Labute approximate surface area is 233 Å². The Morgan fingerprint density at radius 2 is 2.10 bits per heavy atom. The predicted octanol–water partition coefficient (Wildman–Crippen LogP) is 3.88. The lowest BCUT2D eigenvalue weighted by Gasteiger charge is -2.32. The molecule has 1 aliphatic carbocycles. The van der Waals surface area contributed by atoms with Crippen molar-refractivity contribution in [1.82, 2.24) is 24.4 Å². The molecule has 1 saturated carbocycles. The zero-order valence-electron chi connectivity index (χ0n) is 22.3. The van der Waals surface area contributed by atoms with E-state index >= 15 is 4.39 Å². The first-order chi connectivity index (χ1) is 19.8. The van der Waals surface area contributed by atoms with Crippen LogP contribution >= 0.6 is 0 Å². The number of fused-ring (bicyclic) bond motifs is 1. The van der Waals surface area contributed by atoms with Crippen molar-refractivity contribution in [3.8, 4) is 17.0 Å². The standard InChI is InChI=1S/C28H28F3N7O3/c1-36-26(24(11-33-36)41-14-16-13-40-15-28(16,30)31)21-7-18-8-25(35-38(18)12-22(21)29)34-27(39)20-9-19(20)23-4-3-17(10-32-23)37-5-2-6-37/h3-4,7-8,10-12,16,19-20H,2,5-6,9,13-15H2,1H3,(H,34,35,39)/t16-,19+,20-/m0/s1. The summed E-state index contributed by atoms with van der Waals surface area (Å²) in [6, 6.07) is 7.24. The number of nitrogens with zero attached hydrogens (tertiary/aromatic N) is 6. The Bertz CT molecular complexity index is 1620. The SMILES string of the molecule is Cn1ncc(OC[C@@H]2COCC2(F)F)c1-c1cc2cc(NC(=O)[C@H]3C[C@H]3c3ccc(N4CCC4)cn3)nn2cc1F. The molecular weight excluding hydrogens is 539 g/mol. The number of carbonyl (C=O) groups is 1. The Hall–Kier alpha value is -4.13. The molecule has 10 nitrogen and oxygen atoms in total. The normalized spacial score (nSPS) is 23.0. The van der Waals surface area contributed by atoms with Gasteiger partial charge in [-0.2, -0.15) is 5.10 Å². The smallest absolute Gasteiger partial charge is 0.279 e. The maximum atomic E-state index is 15.3. The van der Waals surface area contributed by atoms with Gasteiger partial charge in [-0.3, -0.25) is 14.5 Å². The molecule has 1 amide bonds. The molecule has 3 fully saturated rings. The molecule has 41 heavy (non-hydrogen) atoms. The average Bonchev–Trinajstić information content (AvgIpc) is 3.34. The number of alkyl halides is 2. The maximum Gasteiger partial charge on any atom is 0.279 e. The minimum absolute atomic E-state index is 0.0560. The zero-order chi connectivity index (χ0) is 28.3. The third-order valence-corrected chi connectivity index (χ3v) is 8.11. The molecule has 0 unspecified atom stereocenters. The van der Waals surface area contributed by atoms with E-state index in [4.69, 9.17) is 9.47 Å². The molecule has 0 aromatic carbocycles. The van der Waals surface area contributed by atoms with Crippen LogP contribution in [0.4, 0.5) is 24.7 Å². The Morgan fingerprint density at radius 1 is 1.24 bits per heavy atom. The van der Waals surface area contributed by atoms with Gasteiger partial charge in [0.15, 0.2) is 17.4 Å². The summed E-state index contributed by atoms with van der Waals surface area (Å²) in [5, 5.41) is 11.3. The molecule has 2 aliphatic heterocycles. The molecule has 1 N–H and O–H groups in total. The monoisotopic (exact) mass is 567 g/mol. The van der Waals surface area contributed by atoms with E-state index in [2.05, 4.69) is 31.5 Å². The van der Waals surface area contributed by atoms with Crippen LogP contribution in [0, 0.1) is 17.7 Å². The van der Waals surface area contributed by atoms with Crippen LogP contribution in [0.5, 0.6) is 5.75 Å². The average molecular weight is 568 g/mol. The van der Waals surface area contributed by atoms with Crippen LogP contribution in [-0.4, -0.2) is 69.1 Å². The van der Waals surface area contributed by atoms with Crippen LogP contribution in [0.25, 0.3) is 16.8 Å². The van der Waals surface area contributed by atoms with Crippen molar-refractivity contribution in [2.24, 2.45) is 18.9 Å². The van der Waals surface area contributed by atoms with E-state index in [9.17, 15) is 13.6 Å². The second-order valence-electron chi connectivity index (χ2n) is 10.9. The number of hydrogen-bond acceptors (Lipinski definition) is 7. The number of anilines is 2. The quantitative estimate of drug-likeness (QED) is 0.345. The molecule has 4 aromatic heterocycles. The number of amides is 1. The van der Waals surface area contributed by atoms with Crippen LogP contribution in [0.1, 0.15) is 24.5 Å². The molecule has 2 saturated heterocycles. The lowest BCUT2D eigenvalue weighted by Crippen LogP contribution is -2.36. The summed E-state index contributed by atoms with van der Waals surface area (Å²) in [5.41, 5.74) is 2.99. The number of rotatable bonds is 8. The fourth-order valence-corrected chi connectivity index (χ4v) is 5.43. The molecule has 4 aromatic rings. The van der Waals surface area contributed by atoms with Gasteiger partial charge in [-0.15, -0.1) is 5.10 Å². The van der Waals surface area contributed by atoms with Crippen molar-refractivity contribution >= 4 is 22.9 Å². The minimum Gasteiger partial charge on any atom is -0.489 e. The lowest BCUT2D eigenvalue weighted by atomic mass is 10.1. The predicted molar refractivity (Wildman–Crippen MR) is 143 cm³/mol. The lowest BCUT2D eigenvalue weighted by molar-refractivity contribution is -0.117. The van der Waals surface area contributed by atoms with E-state index in [-0.39, 0.29) is 42.3 Å². The molecule has 0 spiro atoms. The van der Waals surface area contributed by atoms with Crippen LogP contribution in [0.15, 0.2) is 42.9 Å². The molecule has 3 aliphatic rings. The van der Waals surface area contributed by atoms with Crippen LogP contribution in [-0.2, 0) is 16.6 Å². The van der Waals surface area contributed by atoms with Crippen LogP contribution < -0.4 is 15.0 Å². The highest BCUT2D eigenvalue weighted by atomic mass is 19.3. The Kier molecular flexibility index (Phi) is 6.14. The number of ether oxygens (including phenoxy) is 2. The minimum atomic E-state index is -2.99. The molecule has 214 valence electrons. The first-order valence-electron chi connectivity index (χ1n) is 13.6. The number of aromatic nitrogens is 5. The summed E-state index contributed by atoms with van der Waals surface area (Å²) in [7, 11) is 1.61. The highest BCUT2D eigenvalue weighted by molar-refractivity contribution is 5.95. The van der Waals surface area contributed by atoms with Gasteiger partial charge in [0.2, 0.25) is 5.91 Å². The Balaban J connectivity index is 1.05. The summed E-state index contributed by atoms with van der Waals surface area (Å²) >= 11 is 0. The van der Waals surface area contributed by atoms with E-state index in [0.717, 1.165) is 24.5 Å². The number of pyridine rings is 2. The van der Waals surface area contributed by atoms with Gasteiger partial charge in [-0.05, 0) is 31.0 Å². The van der Waals surface area contributed by atoms with Gasteiger partial charge in [-0.25, -0.2) is 17.7 Å². The number of hydrogen-bond donors (Lipinski definition) is 1. The van der Waals surface area contributed by atoms with Crippen LogP contribution in [0.3, 0.4) is 0 Å². The number of nitrogens with one attached hydrogen (secondary N) is 1. The molecule has 3 atom stereocenters. The zero-order valence-corrected chi connectivity index (χ0v) is 22.3. The van der Waals surface area contributed by atoms with Crippen LogP contribution in [0.2, 0.25) is 0 Å². The van der Waals surface area contributed by atoms with Gasteiger partial charge in [0.25, 0.3) is 5.92 Å². The van der Waals surface area contributed by atoms with E-state index < -0.39 is 24.3 Å². The van der Waals surface area contributed by atoms with Crippen molar-refractivity contribution < 1.29 is 27.4 Å². The van der Waals surface area contributed by atoms with Gasteiger partial charge in [-0.1, -0.05) is 0 Å². The molecule has 0 radical (unpaired) electrons. The number of aryl methyl sites for hydroxylation is 1. The highest BCUT2D eigenvalue weighted by Gasteiger charge is 2.46. The number of carbonyl (C=O) groups excluding carboxylic acids is 1. The second kappa shape index (κ2) is 9.75. The van der Waals surface area contributed by atoms with Crippen molar-refractivity contribution in [2.45, 2.75) is 24.7 Å². The first kappa shape index (κ1) is 25.8. The third-order valence-electron chi connectivity index (χ3n) is 8.11.